The minimum Gasteiger partial charge on any atom is -0.472 e. The van der Waals surface area contributed by atoms with Gasteiger partial charge in [0.15, 0.2) is 0 Å². The van der Waals surface area contributed by atoms with E-state index >= 15 is 0 Å². The van der Waals surface area contributed by atoms with Crippen LogP contribution in [0.1, 0.15) is 6.42 Å². The molecule has 0 radical (unpaired) electrons. The van der Waals surface area contributed by atoms with Gasteiger partial charge in [-0.3, -0.25) is 0 Å². The number of methoxy groups -OCH3 is 1. The van der Waals surface area contributed by atoms with E-state index in [4.69, 9.17) is 14.2 Å². The number of esters is 1. The molecule has 1 saturated carbocycles. The Balaban J connectivity index is 1.95. The van der Waals surface area contributed by atoms with Crippen molar-refractivity contribution >= 4 is 5.97 Å². The van der Waals surface area contributed by atoms with Crippen LogP contribution in [-0.4, -0.2) is 37.2 Å². The maximum atomic E-state index is 11.6. The van der Waals surface area contributed by atoms with E-state index in [0.29, 0.717) is 24.5 Å². The highest BCUT2D eigenvalue weighted by atomic mass is 16.7. The van der Waals surface area contributed by atoms with Crippen LogP contribution in [0, 0.1) is 17.8 Å². The molecule has 1 saturated heterocycles. The van der Waals surface area contributed by atoms with E-state index in [1.807, 2.05) is 0 Å². The number of carbonyl (C=O) groups excluding carboxylic acids is 1. The Bertz CT molecular complexity index is 350. The average molecular weight is 226 g/mol. The molecule has 1 N–H and O–H groups in total. The highest BCUT2D eigenvalue weighted by Crippen LogP contribution is 2.50. The fourth-order valence-electron chi connectivity index (χ4n) is 3.13. The quantitative estimate of drug-likeness (QED) is 0.640. The number of hydrogen-bond donors (Lipinski definition) is 1. The summed E-state index contributed by atoms with van der Waals surface area (Å²) < 4.78 is 15.5. The summed E-state index contributed by atoms with van der Waals surface area (Å²) in [4.78, 5) is 11.6. The van der Waals surface area contributed by atoms with Gasteiger partial charge in [-0.05, 0) is 12.3 Å². The first-order valence-electron chi connectivity index (χ1n) is 5.46. The van der Waals surface area contributed by atoms with Crippen LogP contribution in [0.4, 0.5) is 0 Å². The van der Waals surface area contributed by atoms with E-state index in [0.717, 1.165) is 0 Å². The molecular weight excluding hydrogens is 212 g/mol. The number of carbonyl (C=O) groups is 1. The van der Waals surface area contributed by atoms with Crippen LogP contribution in [0.15, 0.2) is 11.8 Å². The zero-order chi connectivity index (χ0) is 11.3. The summed E-state index contributed by atoms with van der Waals surface area (Å²) in [6.45, 7) is 0.602. The number of aliphatic hydroxyl groups excluding tert-OH is 1. The van der Waals surface area contributed by atoms with Crippen molar-refractivity contribution in [2.45, 2.75) is 18.8 Å². The Morgan fingerprint density at radius 3 is 3.19 bits per heavy atom. The molecule has 0 aromatic heterocycles. The molecule has 88 valence electrons. The average Bonchev–Trinajstić information content (AvgIpc) is 2.84. The van der Waals surface area contributed by atoms with E-state index in [-0.39, 0.29) is 18.1 Å². The first kappa shape index (κ1) is 10.1. The standard InChI is InChI=1S/C11H14O5/c1-14-10(13)6-4-16-11-8-5(3-15-11)2-7(12)9(6)8/h4-5,7-9,11-12H,2-3H2,1H3/t5-,7?,8+,9-,11-/m0/s1. The van der Waals surface area contributed by atoms with E-state index < -0.39 is 12.1 Å². The van der Waals surface area contributed by atoms with Crippen molar-refractivity contribution in [1.82, 2.24) is 0 Å². The molecule has 16 heavy (non-hydrogen) atoms. The second kappa shape index (κ2) is 3.46. The third-order valence-electron chi connectivity index (χ3n) is 3.82. The van der Waals surface area contributed by atoms with E-state index in [9.17, 15) is 9.90 Å². The predicted octanol–water partition coefficient (Wildman–Crippen LogP) is 0.0430. The lowest BCUT2D eigenvalue weighted by atomic mass is 9.84. The molecule has 2 heterocycles. The molecule has 2 fully saturated rings. The van der Waals surface area contributed by atoms with Gasteiger partial charge in [0, 0.05) is 11.8 Å². The third-order valence-corrected chi connectivity index (χ3v) is 3.82. The molecule has 0 amide bonds. The number of aliphatic hydroxyl groups is 1. The van der Waals surface area contributed by atoms with E-state index in [1.54, 1.807) is 0 Å². The molecule has 2 aliphatic heterocycles. The minimum absolute atomic E-state index is 0.0918. The van der Waals surface area contributed by atoms with Crippen molar-refractivity contribution < 1.29 is 24.1 Å². The Hall–Kier alpha value is -1.07. The Morgan fingerprint density at radius 1 is 1.62 bits per heavy atom. The minimum atomic E-state index is -0.490. The summed E-state index contributed by atoms with van der Waals surface area (Å²) in [5, 5.41) is 10.0. The van der Waals surface area contributed by atoms with Gasteiger partial charge >= 0.3 is 5.97 Å². The van der Waals surface area contributed by atoms with Crippen molar-refractivity contribution in [3.8, 4) is 0 Å². The first-order chi connectivity index (χ1) is 7.72. The summed E-state index contributed by atoms with van der Waals surface area (Å²) in [6.07, 6.45) is 1.26. The molecule has 5 heteroatoms. The predicted molar refractivity (Wildman–Crippen MR) is 52.0 cm³/mol. The zero-order valence-electron chi connectivity index (χ0n) is 8.96. The molecule has 3 aliphatic rings. The fourth-order valence-corrected chi connectivity index (χ4v) is 3.13. The van der Waals surface area contributed by atoms with Crippen LogP contribution in [0.25, 0.3) is 0 Å². The molecule has 0 aromatic rings. The lowest BCUT2D eigenvalue weighted by molar-refractivity contribution is -0.144. The number of rotatable bonds is 1. The summed E-state index contributed by atoms with van der Waals surface area (Å²) >= 11 is 0. The van der Waals surface area contributed by atoms with Crippen LogP contribution in [-0.2, 0) is 19.0 Å². The summed E-state index contributed by atoms with van der Waals surface area (Å²) in [6, 6.07) is 0. The maximum Gasteiger partial charge on any atom is 0.337 e. The summed E-state index contributed by atoms with van der Waals surface area (Å²) in [7, 11) is 1.33. The van der Waals surface area contributed by atoms with Crippen molar-refractivity contribution in [2.24, 2.45) is 17.8 Å². The molecular formula is C11H14O5. The monoisotopic (exact) mass is 226 g/mol. The molecule has 5 atom stereocenters. The van der Waals surface area contributed by atoms with Gasteiger partial charge in [0.25, 0.3) is 0 Å². The normalized spacial score (nSPS) is 44.6. The Morgan fingerprint density at radius 2 is 2.44 bits per heavy atom. The SMILES string of the molecule is COC(=O)C1=CO[C@@H]2OC[C@@H]3CC(O)[C@H]1[C@@H]32. The zero-order valence-corrected chi connectivity index (χ0v) is 8.96. The summed E-state index contributed by atoms with van der Waals surface area (Å²) in [5.41, 5.74) is 0.434. The second-order valence-electron chi connectivity index (χ2n) is 4.57. The Kier molecular flexibility index (Phi) is 2.19. The second-order valence-corrected chi connectivity index (χ2v) is 4.57. The largest absolute Gasteiger partial charge is 0.472 e. The molecule has 0 bridgehead atoms. The van der Waals surface area contributed by atoms with Crippen molar-refractivity contribution in [3.05, 3.63) is 11.8 Å². The lowest BCUT2D eigenvalue weighted by Crippen LogP contribution is -2.36. The number of ether oxygens (including phenoxy) is 3. The van der Waals surface area contributed by atoms with Gasteiger partial charge in [-0.1, -0.05) is 0 Å². The molecule has 1 aliphatic carbocycles. The summed E-state index contributed by atoms with van der Waals surface area (Å²) in [5.74, 6) is -0.235. The molecule has 1 unspecified atom stereocenters. The maximum absolute atomic E-state index is 11.6. The molecule has 3 rings (SSSR count). The number of hydrogen-bond acceptors (Lipinski definition) is 5. The van der Waals surface area contributed by atoms with E-state index in [1.165, 1.54) is 13.4 Å². The van der Waals surface area contributed by atoms with Crippen LogP contribution in [0.3, 0.4) is 0 Å². The van der Waals surface area contributed by atoms with Gasteiger partial charge in [-0.2, -0.15) is 0 Å². The van der Waals surface area contributed by atoms with E-state index in [2.05, 4.69) is 0 Å². The molecule has 0 spiro atoms. The van der Waals surface area contributed by atoms with Gasteiger partial charge in [-0.15, -0.1) is 0 Å². The first-order valence-corrected chi connectivity index (χ1v) is 5.46. The van der Waals surface area contributed by atoms with Crippen LogP contribution >= 0.6 is 0 Å². The topological polar surface area (TPSA) is 65.0 Å². The van der Waals surface area contributed by atoms with Crippen LogP contribution < -0.4 is 0 Å². The third kappa shape index (κ3) is 1.21. The van der Waals surface area contributed by atoms with Crippen LogP contribution in [0.2, 0.25) is 0 Å². The van der Waals surface area contributed by atoms with Crippen molar-refractivity contribution in [2.75, 3.05) is 13.7 Å². The van der Waals surface area contributed by atoms with Gasteiger partial charge in [0.2, 0.25) is 6.29 Å². The highest BCUT2D eigenvalue weighted by Gasteiger charge is 2.56. The molecule has 5 nitrogen and oxygen atoms in total. The van der Waals surface area contributed by atoms with Crippen LogP contribution in [0.5, 0.6) is 0 Å². The van der Waals surface area contributed by atoms with Gasteiger partial charge in [0.1, 0.15) is 0 Å². The fraction of sp³-hybridized carbons (Fsp3) is 0.727. The van der Waals surface area contributed by atoms with Gasteiger partial charge < -0.3 is 19.3 Å². The van der Waals surface area contributed by atoms with Crippen molar-refractivity contribution in [1.29, 1.82) is 0 Å². The van der Waals surface area contributed by atoms with Gasteiger partial charge in [-0.25, -0.2) is 4.79 Å². The highest BCUT2D eigenvalue weighted by molar-refractivity contribution is 5.89. The lowest BCUT2D eigenvalue weighted by Gasteiger charge is -2.30. The van der Waals surface area contributed by atoms with Gasteiger partial charge in [0.05, 0.1) is 31.7 Å². The molecule has 0 aromatic carbocycles. The Labute approximate surface area is 93.0 Å². The van der Waals surface area contributed by atoms with Crippen molar-refractivity contribution in [3.63, 3.8) is 0 Å². The smallest absolute Gasteiger partial charge is 0.337 e.